The number of nitrogens with zero attached hydrogens (tertiary/aromatic N) is 1. The molecule has 0 unspecified atom stereocenters. The molecule has 3 nitrogen and oxygen atoms in total. The summed E-state index contributed by atoms with van der Waals surface area (Å²) >= 11 is 3.38. The molecule has 0 radical (unpaired) electrons. The first-order valence-corrected chi connectivity index (χ1v) is 7.23. The summed E-state index contributed by atoms with van der Waals surface area (Å²) < 4.78 is 0.910. The van der Waals surface area contributed by atoms with Crippen molar-refractivity contribution in [2.45, 2.75) is 38.0 Å². The number of nitrogens with one attached hydrogen (secondary N) is 1. The van der Waals surface area contributed by atoms with Crippen LogP contribution in [-0.2, 0) is 0 Å². The summed E-state index contributed by atoms with van der Waals surface area (Å²) in [7, 11) is 0. The number of rotatable bonds is 1. The minimum Gasteiger partial charge on any atom is -0.310 e. The molecule has 3 rings (SSSR count). The number of benzene rings is 1. The summed E-state index contributed by atoms with van der Waals surface area (Å²) in [5.41, 5.74) is 0.768. The molecule has 0 atom stereocenters. The van der Waals surface area contributed by atoms with E-state index in [2.05, 4.69) is 25.9 Å². The van der Waals surface area contributed by atoms with Gasteiger partial charge in [0.15, 0.2) is 0 Å². The lowest BCUT2D eigenvalue weighted by atomic mass is 9.88. The molecule has 1 aliphatic carbocycles. The van der Waals surface area contributed by atoms with Crippen LogP contribution in [0.5, 0.6) is 0 Å². The number of aromatic amines is 1. The van der Waals surface area contributed by atoms with Crippen LogP contribution in [0.1, 0.15) is 43.8 Å². The molecule has 1 aliphatic rings. The number of aromatic nitrogens is 2. The van der Waals surface area contributed by atoms with Crippen molar-refractivity contribution in [2.75, 3.05) is 0 Å². The molecule has 2 aromatic rings. The predicted molar refractivity (Wildman–Crippen MR) is 75.9 cm³/mol. The number of hydrogen-bond donors (Lipinski definition) is 1. The van der Waals surface area contributed by atoms with Gasteiger partial charge in [0.05, 0.1) is 10.9 Å². The third-order valence-corrected chi connectivity index (χ3v) is 4.17. The monoisotopic (exact) mass is 306 g/mol. The number of fused-ring (bicyclic) bond motifs is 1. The van der Waals surface area contributed by atoms with Gasteiger partial charge in [-0.1, -0.05) is 35.2 Å². The van der Waals surface area contributed by atoms with Crippen molar-refractivity contribution in [3.63, 3.8) is 0 Å². The van der Waals surface area contributed by atoms with Crippen molar-refractivity contribution in [1.29, 1.82) is 0 Å². The standard InChI is InChI=1S/C14H15BrN2O/c15-10-6-7-12-11(8-10)14(18)17-13(16-12)9-4-2-1-3-5-9/h6-9H,1-5H2,(H,16,17,18). The highest BCUT2D eigenvalue weighted by Gasteiger charge is 2.18. The second-order valence-corrected chi connectivity index (χ2v) is 5.86. The highest BCUT2D eigenvalue weighted by Crippen LogP contribution is 2.30. The Kier molecular flexibility index (Phi) is 3.20. The summed E-state index contributed by atoms with van der Waals surface area (Å²) in [6, 6.07) is 5.66. The Morgan fingerprint density at radius 3 is 2.78 bits per heavy atom. The van der Waals surface area contributed by atoms with Gasteiger partial charge >= 0.3 is 0 Å². The molecule has 0 saturated heterocycles. The molecule has 0 amide bonds. The molecular weight excluding hydrogens is 292 g/mol. The van der Waals surface area contributed by atoms with Gasteiger partial charge in [-0.3, -0.25) is 4.79 Å². The molecule has 1 saturated carbocycles. The maximum atomic E-state index is 12.1. The topological polar surface area (TPSA) is 45.8 Å². The highest BCUT2D eigenvalue weighted by molar-refractivity contribution is 9.10. The van der Waals surface area contributed by atoms with Crippen LogP contribution in [0.25, 0.3) is 10.9 Å². The van der Waals surface area contributed by atoms with Gasteiger partial charge in [-0.2, -0.15) is 0 Å². The van der Waals surface area contributed by atoms with Gasteiger partial charge in [0.2, 0.25) is 0 Å². The zero-order valence-corrected chi connectivity index (χ0v) is 11.7. The van der Waals surface area contributed by atoms with Crippen molar-refractivity contribution in [3.8, 4) is 0 Å². The Bertz CT molecular complexity index is 629. The minimum atomic E-state index is -0.0260. The normalized spacial score (nSPS) is 17.2. The Labute approximate surface area is 114 Å². The molecule has 18 heavy (non-hydrogen) atoms. The van der Waals surface area contributed by atoms with Crippen molar-refractivity contribution < 1.29 is 0 Å². The summed E-state index contributed by atoms with van der Waals surface area (Å²) in [5, 5.41) is 0.656. The molecule has 0 aliphatic heterocycles. The van der Waals surface area contributed by atoms with Gasteiger partial charge < -0.3 is 4.98 Å². The van der Waals surface area contributed by atoms with Gasteiger partial charge in [-0.05, 0) is 31.0 Å². The number of halogens is 1. The van der Waals surface area contributed by atoms with E-state index < -0.39 is 0 Å². The molecule has 1 N–H and O–H groups in total. The maximum absolute atomic E-state index is 12.1. The first-order chi connectivity index (χ1) is 8.74. The van der Waals surface area contributed by atoms with Gasteiger partial charge in [0.25, 0.3) is 5.56 Å². The molecule has 0 bridgehead atoms. The van der Waals surface area contributed by atoms with E-state index in [1.54, 1.807) is 0 Å². The van der Waals surface area contributed by atoms with Crippen LogP contribution in [0.4, 0.5) is 0 Å². The molecule has 0 spiro atoms. The molecule has 94 valence electrons. The Balaban J connectivity index is 2.09. The van der Waals surface area contributed by atoms with E-state index in [1.807, 2.05) is 18.2 Å². The smallest absolute Gasteiger partial charge is 0.258 e. The van der Waals surface area contributed by atoms with Crippen LogP contribution in [0.15, 0.2) is 27.5 Å². The van der Waals surface area contributed by atoms with Crippen LogP contribution in [0, 0.1) is 0 Å². The number of hydrogen-bond acceptors (Lipinski definition) is 2. The second kappa shape index (κ2) is 4.84. The summed E-state index contributed by atoms with van der Waals surface area (Å²) in [5.74, 6) is 1.30. The van der Waals surface area contributed by atoms with E-state index in [-0.39, 0.29) is 5.56 Å². The van der Waals surface area contributed by atoms with Crippen LogP contribution in [-0.4, -0.2) is 9.97 Å². The molecule has 1 heterocycles. The van der Waals surface area contributed by atoms with E-state index >= 15 is 0 Å². The van der Waals surface area contributed by atoms with E-state index in [0.29, 0.717) is 11.3 Å². The van der Waals surface area contributed by atoms with Crippen molar-refractivity contribution >= 4 is 26.8 Å². The van der Waals surface area contributed by atoms with E-state index in [0.717, 1.165) is 28.7 Å². The first kappa shape index (κ1) is 11.9. The quantitative estimate of drug-likeness (QED) is 0.872. The molecule has 1 aromatic carbocycles. The van der Waals surface area contributed by atoms with Gasteiger partial charge in [-0.15, -0.1) is 0 Å². The predicted octanol–water partition coefficient (Wildman–Crippen LogP) is 3.73. The first-order valence-electron chi connectivity index (χ1n) is 6.43. The fourth-order valence-corrected chi connectivity index (χ4v) is 3.06. The summed E-state index contributed by atoms with van der Waals surface area (Å²) in [4.78, 5) is 19.7. The Hall–Kier alpha value is -1.16. The van der Waals surface area contributed by atoms with Crippen LogP contribution in [0.2, 0.25) is 0 Å². The van der Waals surface area contributed by atoms with Gasteiger partial charge in [0, 0.05) is 10.4 Å². The second-order valence-electron chi connectivity index (χ2n) is 4.95. The zero-order valence-electron chi connectivity index (χ0n) is 10.1. The third-order valence-electron chi connectivity index (χ3n) is 3.68. The summed E-state index contributed by atoms with van der Waals surface area (Å²) in [6.07, 6.45) is 6.08. The van der Waals surface area contributed by atoms with E-state index in [9.17, 15) is 4.79 Å². The molecular formula is C14H15BrN2O. The van der Waals surface area contributed by atoms with Crippen LogP contribution < -0.4 is 5.56 Å². The lowest BCUT2D eigenvalue weighted by Gasteiger charge is -2.20. The fourth-order valence-electron chi connectivity index (χ4n) is 2.70. The number of H-pyrrole nitrogens is 1. The van der Waals surface area contributed by atoms with Crippen molar-refractivity contribution in [3.05, 3.63) is 38.9 Å². The molecule has 1 aromatic heterocycles. The average molecular weight is 307 g/mol. The Morgan fingerprint density at radius 2 is 2.00 bits per heavy atom. The Morgan fingerprint density at radius 1 is 1.22 bits per heavy atom. The van der Waals surface area contributed by atoms with Gasteiger partial charge in [0.1, 0.15) is 5.82 Å². The fraction of sp³-hybridized carbons (Fsp3) is 0.429. The lowest BCUT2D eigenvalue weighted by Crippen LogP contribution is -2.16. The van der Waals surface area contributed by atoms with E-state index in [1.165, 1.54) is 19.3 Å². The third kappa shape index (κ3) is 2.21. The SMILES string of the molecule is O=c1[nH]c(C2CCCCC2)nc2ccc(Br)cc12. The van der Waals surface area contributed by atoms with Crippen molar-refractivity contribution in [2.24, 2.45) is 0 Å². The van der Waals surface area contributed by atoms with Crippen LogP contribution >= 0.6 is 15.9 Å². The van der Waals surface area contributed by atoms with Gasteiger partial charge in [-0.25, -0.2) is 4.98 Å². The largest absolute Gasteiger partial charge is 0.310 e. The molecule has 1 fully saturated rings. The maximum Gasteiger partial charge on any atom is 0.258 e. The average Bonchev–Trinajstić information content (AvgIpc) is 2.40. The van der Waals surface area contributed by atoms with Crippen LogP contribution in [0.3, 0.4) is 0 Å². The molecule has 4 heteroatoms. The zero-order chi connectivity index (χ0) is 12.5. The highest BCUT2D eigenvalue weighted by atomic mass is 79.9. The minimum absolute atomic E-state index is 0.0260. The summed E-state index contributed by atoms with van der Waals surface area (Å²) in [6.45, 7) is 0. The van der Waals surface area contributed by atoms with E-state index in [4.69, 9.17) is 0 Å². The van der Waals surface area contributed by atoms with Crippen molar-refractivity contribution in [1.82, 2.24) is 9.97 Å². The lowest BCUT2D eigenvalue weighted by molar-refractivity contribution is 0.429.